The van der Waals surface area contributed by atoms with Gasteiger partial charge in [0, 0.05) is 25.3 Å². The summed E-state index contributed by atoms with van der Waals surface area (Å²) in [7, 11) is 0. The summed E-state index contributed by atoms with van der Waals surface area (Å²) in [5.74, 6) is -0.0345. The van der Waals surface area contributed by atoms with Gasteiger partial charge in [-0.1, -0.05) is 56.6 Å². The molecule has 1 unspecified atom stereocenters. The molecule has 0 heterocycles. The molecular formula is C30H47NO5. The number of carbonyl (C=O) groups is 2. The van der Waals surface area contributed by atoms with Crippen LogP contribution >= 0.6 is 0 Å². The first-order valence-corrected chi connectivity index (χ1v) is 13.8. The number of allylic oxidation sites excluding steroid dienone is 4. The first-order valence-electron chi connectivity index (χ1n) is 13.8. The molecule has 3 rings (SSSR count). The standard InChI is InChI=1S/C30H47NO5/c1-20-15-18-30(35,36-22(3)32)19-24(20)12-11-23-10-8-17-29(6)25(13-14-26(23)29)21(2)9-7-16-28(4,5)31-27(33)34/h11-12,21,25-26,31,35H,1,7-10,13-19H2,2-6H3,(H,33,34)/b23-11?,24-12-/t21-,25-,26?,29-,30-/m1/s1. The van der Waals surface area contributed by atoms with Crippen molar-refractivity contribution in [1.82, 2.24) is 5.32 Å². The van der Waals surface area contributed by atoms with E-state index in [1.165, 1.54) is 38.2 Å². The van der Waals surface area contributed by atoms with Crippen molar-refractivity contribution in [3.8, 4) is 0 Å². The van der Waals surface area contributed by atoms with Gasteiger partial charge in [-0.3, -0.25) is 4.79 Å². The van der Waals surface area contributed by atoms with Crippen molar-refractivity contribution < 1.29 is 24.5 Å². The van der Waals surface area contributed by atoms with E-state index in [9.17, 15) is 14.7 Å². The fourth-order valence-corrected chi connectivity index (χ4v) is 7.39. The summed E-state index contributed by atoms with van der Waals surface area (Å²) in [6.45, 7) is 14.3. The zero-order chi connectivity index (χ0) is 26.7. The van der Waals surface area contributed by atoms with Gasteiger partial charge in [-0.25, -0.2) is 4.79 Å². The molecule has 1 amide bonds. The summed E-state index contributed by atoms with van der Waals surface area (Å²) in [5, 5.41) is 22.4. The van der Waals surface area contributed by atoms with E-state index in [1.54, 1.807) is 0 Å². The molecule has 3 fully saturated rings. The lowest BCUT2D eigenvalue weighted by Gasteiger charge is -2.44. The normalized spacial score (nSPS) is 33.9. The summed E-state index contributed by atoms with van der Waals surface area (Å²) in [4.78, 5) is 22.5. The second kappa shape index (κ2) is 11.1. The number of amides is 1. The zero-order valence-electron chi connectivity index (χ0n) is 23.0. The Morgan fingerprint density at radius 2 is 1.97 bits per heavy atom. The first-order chi connectivity index (χ1) is 16.7. The van der Waals surface area contributed by atoms with Crippen molar-refractivity contribution in [2.75, 3.05) is 0 Å². The molecule has 0 spiro atoms. The summed E-state index contributed by atoms with van der Waals surface area (Å²) < 4.78 is 5.23. The fraction of sp³-hybridized carbons (Fsp3) is 0.733. The van der Waals surface area contributed by atoms with Gasteiger partial charge >= 0.3 is 12.1 Å². The molecule has 0 aliphatic heterocycles. The van der Waals surface area contributed by atoms with E-state index in [1.807, 2.05) is 13.8 Å². The molecule has 0 aromatic heterocycles. The fourth-order valence-electron chi connectivity index (χ4n) is 7.39. The molecule has 6 nitrogen and oxygen atoms in total. The predicted molar refractivity (Wildman–Crippen MR) is 142 cm³/mol. The SMILES string of the molecule is C=C1CC[C@@](O)(OC(C)=O)C/C1=C/C=C1CCC[C@@]2(C)C1CC[C@@H]2[C@H](C)CCCC(C)(C)NC(=O)O. The van der Waals surface area contributed by atoms with Crippen LogP contribution in [0.25, 0.3) is 0 Å². The Hall–Kier alpha value is -2.08. The summed E-state index contributed by atoms with van der Waals surface area (Å²) in [5.41, 5.74) is 3.39. The van der Waals surface area contributed by atoms with Gasteiger partial charge in [0.2, 0.25) is 5.79 Å². The molecule has 0 bridgehead atoms. The number of esters is 1. The molecule has 3 saturated carbocycles. The number of hydrogen-bond donors (Lipinski definition) is 3. The molecule has 0 aromatic carbocycles. The minimum absolute atomic E-state index is 0.291. The van der Waals surface area contributed by atoms with Gasteiger partial charge in [-0.2, -0.15) is 0 Å². The molecule has 36 heavy (non-hydrogen) atoms. The molecule has 202 valence electrons. The summed E-state index contributed by atoms with van der Waals surface area (Å²) >= 11 is 0. The van der Waals surface area contributed by atoms with E-state index >= 15 is 0 Å². The molecule has 0 aromatic rings. The maximum Gasteiger partial charge on any atom is 0.405 e. The third-order valence-corrected chi connectivity index (χ3v) is 9.20. The Bertz CT molecular complexity index is 918. The van der Waals surface area contributed by atoms with Gasteiger partial charge in [0.25, 0.3) is 0 Å². The van der Waals surface area contributed by atoms with Crippen molar-refractivity contribution in [1.29, 1.82) is 0 Å². The Morgan fingerprint density at radius 3 is 2.64 bits per heavy atom. The molecule has 3 aliphatic rings. The van der Waals surface area contributed by atoms with Gasteiger partial charge in [0.15, 0.2) is 0 Å². The van der Waals surface area contributed by atoms with Crippen molar-refractivity contribution in [3.05, 3.63) is 35.5 Å². The van der Waals surface area contributed by atoms with Crippen LogP contribution in [0.5, 0.6) is 0 Å². The first kappa shape index (κ1) is 28.5. The largest absolute Gasteiger partial charge is 0.465 e. The van der Waals surface area contributed by atoms with Crippen molar-refractivity contribution in [2.45, 2.75) is 117 Å². The predicted octanol–water partition coefficient (Wildman–Crippen LogP) is 6.90. The second-order valence-corrected chi connectivity index (χ2v) is 12.5. The topological polar surface area (TPSA) is 95.9 Å². The summed E-state index contributed by atoms with van der Waals surface area (Å²) in [6, 6.07) is 0. The average molecular weight is 502 g/mol. The van der Waals surface area contributed by atoms with Crippen LogP contribution in [0.15, 0.2) is 35.5 Å². The maximum absolute atomic E-state index is 11.5. The van der Waals surface area contributed by atoms with E-state index in [0.717, 1.165) is 36.8 Å². The summed E-state index contributed by atoms with van der Waals surface area (Å²) in [6.07, 6.45) is 13.7. The van der Waals surface area contributed by atoms with E-state index in [-0.39, 0.29) is 0 Å². The van der Waals surface area contributed by atoms with Crippen LogP contribution in [0, 0.1) is 23.2 Å². The van der Waals surface area contributed by atoms with Crippen LogP contribution in [-0.4, -0.2) is 33.6 Å². The monoisotopic (exact) mass is 501 g/mol. The van der Waals surface area contributed by atoms with Gasteiger partial charge < -0.3 is 20.3 Å². The lowest BCUT2D eigenvalue weighted by atomic mass is 9.60. The highest BCUT2D eigenvalue weighted by molar-refractivity contribution is 5.66. The van der Waals surface area contributed by atoms with Crippen LogP contribution in [0.1, 0.15) is 105 Å². The molecular weight excluding hydrogens is 454 g/mol. The van der Waals surface area contributed by atoms with Crippen LogP contribution in [-0.2, 0) is 9.53 Å². The zero-order valence-corrected chi connectivity index (χ0v) is 23.0. The van der Waals surface area contributed by atoms with Gasteiger partial charge in [-0.15, -0.1) is 0 Å². The third-order valence-electron chi connectivity index (χ3n) is 9.20. The van der Waals surface area contributed by atoms with E-state index in [0.29, 0.717) is 42.4 Å². The molecule has 0 radical (unpaired) electrons. The second-order valence-electron chi connectivity index (χ2n) is 12.5. The van der Waals surface area contributed by atoms with Crippen LogP contribution in [0.3, 0.4) is 0 Å². The van der Waals surface area contributed by atoms with Crippen LogP contribution in [0.2, 0.25) is 0 Å². The third kappa shape index (κ3) is 6.81. The van der Waals surface area contributed by atoms with Crippen LogP contribution in [0.4, 0.5) is 4.79 Å². The smallest absolute Gasteiger partial charge is 0.405 e. The van der Waals surface area contributed by atoms with E-state index < -0.39 is 23.4 Å². The number of aliphatic hydroxyl groups is 1. The Labute approximate surface area is 217 Å². The number of ether oxygens (including phenoxy) is 1. The van der Waals surface area contributed by atoms with Crippen molar-refractivity contribution >= 4 is 12.1 Å². The van der Waals surface area contributed by atoms with Crippen molar-refractivity contribution in [3.63, 3.8) is 0 Å². The highest BCUT2D eigenvalue weighted by atomic mass is 16.7. The minimum Gasteiger partial charge on any atom is -0.465 e. The molecule has 3 aliphatic carbocycles. The molecule has 5 atom stereocenters. The number of carbonyl (C=O) groups excluding carboxylic acids is 1. The van der Waals surface area contributed by atoms with E-state index in [2.05, 4.69) is 37.9 Å². The number of fused-ring (bicyclic) bond motifs is 1. The average Bonchev–Trinajstić information content (AvgIpc) is 3.10. The van der Waals surface area contributed by atoms with Crippen molar-refractivity contribution in [2.24, 2.45) is 23.2 Å². The van der Waals surface area contributed by atoms with Gasteiger partial charge in [0.05, 0.1) is 0 Å². The Kier molecular flexibility index (Phi) is 8.80. The lowest BCUT2D eigenvalue weighted by molar-refractivity contribution is -0.210. The van der Waals surface area contributed by atoms with Gasteiger partial charge in [0.1, 0.15) is 0 Å². The quantitative estimate of drug-likeness (QED) is 0.248. The number of carboxylic acid groups (broad SMARTS) is 1. The molecule has 6 heteroatoms. The van der Waals surface area contributed by atoms with Gasteiger partial charge in [-0.05, 0) is 87.5 Å². The van der Waals surface area contributed by atoms with Crippen LogP contribution < -0.4 is 5.32 Å². The minimum atomic E-state index is -1.43. The highest BCUT2D eigenvalue weighted by Gasteiger charge is 2.50. The highest BCUT2D eigenvalue weighted by Crippen LogP contribution is 2.60. The number of nitrogens with one attached hydrogen (secondary N) is 1. The Morgan fingerprint density at radius 1 is 1.25 bits per heavy atom. The lowest BCUT2D eigenvalue weighted by Crippen LogP contribution is -2.42. The number of hydrogen-bond acceptors (Lipinski definition) is 4. The number of rotatable bonds is 8. The van der Waals surface area contributed by atoms with E-state index in [4.69, 9.17) is 9.84 Å². The molecule has 0 saturated heterocycles. The Balaban J connectivity index is 1.67. The maximum atomic E-state index is 11.5. The molecule has 3 N–H and O–H groups in total.